The van der Waals surface area contributed by atoms with Crippen molar-refractivity contribution in [3.8, 4) is 28.7 Å². The Morgan fingerprint density at radius 3 is 2.43 bits per heavy atom. The van der Waals surface area contributed by atoms with Crippen LogP contribution in [0.1, 0.15) is 41.9 Å². The van der Waals surface area contributed by atoms with Gasteiger partial charge < -0.3 is 39.8 Å². The van der Waals surface area contributed by atoms with E-state index in [9.17, 15) is 35.4 Å². The van der Waals surface area contributed by atoms with Crippen LogP contribution in [0.2, 0.25) is 0 Å². The van der Waals surface area contributed by atoms with Gasteiger partial charge in [0.15, 0.2) is 5.43 Å². The maximum absolute atomic E-state index is 12.9. The van der Waals surface area contributed by atoms with E-state index in [-0.39, 0.29) is 63.0 Å². The molecule has 0 bridgehead atoms. The van der Waals surface area contributed by atoms with E-state index in [0.29, 0.717) is 12.8 Å². The standard InChI is InChI=1S/C28H26O9/c1-28(6-5-14-3-2-4-16(29)7-14)24(33)11-19-21(37-28)13-22-25(27(19)35)20(32)12-23(36-22)26(34)15-8-17(30)10-18(31)9-15/h2-4,7-10,12-13,24,26,29-31,33-35H,5-6,11H2,1H3/t24-,26-,28+/m1/s1. The molecule has 0 radical (unpaired) electrons. The average molecular weight is 507 g/mol. The number of aliphatic hydroxyl groups is 2. The van der Waals surface area contributed by atoms with E-state index in [0.717, 1.165) is 17.7 Å². The molecule has 1 aliphatic rings. The van der Waals surface area contributed by atoms with Gasteiger partial charge >= 0.3 is 0 Å². The van der Waals surface area contributed by atoms with Crippen molar-refractivity contribution in [3.05, 3.63) is 87.3 Å². The number of phenolic OH excluding ortho intramolecular Hbond substituents is 4. The number of rotatable bonds is 5. The fourth-order valence-corrected chi connectivity index (χ4v) is 4.75. The summed E-state index contributed by atoms with van der Waals surface area (Å²) in [6, 6.07) is 12.8. The van der Waals surface area contributed by atoms with Crippen molar-refractivity contribution in [3.63, 3.8) is 0 Å². The van der Waals surface area contributed by atoms with Crippen LogP contribution in [0.3, 0.4) is 0 Å². The Bertz CT molecular complexity index is 1540. The summed E-state index contributed by atoms with van der Waals surface area (Å²) in [6.07, 6.45) is -1.51. The highest BCUT2D eigenvalue weighted by molar-refractivity contribution is 5.87. The fraction of sp³-hybridized carbons (Fsp3) is 0.250. The third-order valence-electron chi connectivity index (χ3n) is 6.85. The smallest absolute Gasteiger partial charge is 0.196 e. The van der Waals surface area contributed by atoms with Gasteiger partial charge in [-0.15, -0.1) is 0 Å². The molecule has 6 N–H and O–H groups in total. The van der Waals surface area contributed by atoms with Crippen molar-refractivity contribution in [2.75, 3.05) is 0 Å². The summed E-state index contributed by atoms with van der Waals surface area (Å²) in [6.45, 7) is 1.75. The Kier molecular flexibility index (Phi) is 5.97. The third-order valence-corrected chi connectivity index (χ3v) is 6.85. The normalized spacial score (nSPS) is 19.8. The van der Waals surface area contributed by atoms with Crippen LogP contribution >= 0.6 is 0 Å². The number of aliphatic hydroxyl groups excluding tert-OH is 2. The molecule has 9 heteroatoms. The van der Waals surface area contributed by atoms with E-state index in [1.54, 1.807) is 25.1 Å². The molecule has 3 aromatic carbocycles. The molecule has 1 aromatic heterocycles. The number of hydrogen-bond acceptors (Lipinski definition) is 9. The zero-order valence-electron chi connectivity index (χ0n) is 19.9. The van der Waals surface area contributed by atoms with E-state index >= 15 is 0 Å². The first-order valence-corrected chi connectivity index (χ1v) is 11.7. The number of benzene rings is 3. The Morgan fingerprint density at radius 2 is 1.73 bits per heavy atom. The van der Waals surface area contributed by atoms with Gasteiger partial charge in [-0.25, -0.2) is 0 Å². The molecule has 37 heavy (non-hydrogen) atoms. The molecule has 0 aliphatic carbocycles. The van der Waals surface area contributed by atoms with Crippen LogP contribution in [-0.2, 0) is 12.8 Å². The zero-order valence-corrected chi connectivity index (χ0v) is 19.9. The molecule has 0 saturated carbocycles. The Morgan fingerprint density at radius 1 is 1.00 bits per heavy atom. The van der Waals surface area contributed by atoms with Gasteiger partial charge in [-0.1, -0.05) is 12.1 Å². The lowest BCUT2D eigenvalue weighted by Gasteiger charge is -2.40. The predicted octanol–water partition coefficient (Wildman–Crippen LogP) is 3.38. The van der Waals surface area contributed by atoms with E-state index in [4.69, 9.17) is 9.15 Å². The highest BCUT2D eigenvalue weighted by atomic mass is 16.5. The maximum Gasteiger partial charge on any atom is 0.196 e. The van der Waals surface area contributed by atoms with Crippen LogP contribution < -0.4 is 10.2 Å². The molecule has 9 nitrogen and oxygen atoms in total. The summed E-state index contributed by atoms with van der Waals surface area (Å²) < 4.78 is 11.9. The van der Waals surface area contributed by atoms with Gasteiger partial charge in [-0.3, -0.25) is 4.79 Å². The Hall–Kier alpha value is -4.21. The van der Waals surface area contributed by atoms with Crippen molar-refractivity contribution < 1.29 is 39.8 Å². The molecule has 0 amide bonds. The van der Waals surface area contributed by atoms with Crippen LogP contribution in [-0.4, -0.2) is 42.3 Å². The first kappa shape index (κ1) is 24.5. The number of ether oxygens (including phenoxy) is 1. The molecule has 0 unspecified atom stereocenters. The minimum Gasteiger partial charge on any atom is -0.508 e. The van der Waals surface area contributed by atoms with Gasteiger partial charge in [0.2, 0.25) is 0 Å². The zero-order chi connectivity index (χ0) is 26.5. The summed E-state index contributed by atoms with van der Waals surface area (Å²) in [5.41, 5.74) is -0.448. The number of aromatic hydroxyl groups is 4. The number of fused-ring (bicyclic) bond motifs is 2. The molecule has 5 rings (SSSR count). The molecule has 3 atom stereocenters. The maximum atomic E-state index is 12.9. The van der Waals surface area contributed by atoms with Crippen LogP contribution in [0.5, 0.6) is 28.7 Å². The molecule has 4 aromatic rings. The number of phenols is 4. The lowest BCUT2D eigenvalue weighted by Crippen LogP contribution is -2.49. The van der Waals surface area contributed by atoms with Gasteiger partial charge in [-0.2, -0.15) is 0 Å². The quantitative estimate of drug-likeness (QED) is 0.238. The van der Waals surface area contributed by atoms with E-state index in [1.165, 1.54) is 18.2 Å². The van der Waals surface area contributed by atoms with Gasteiger partial charge in [0.1, 0.15) is 57.2 Å². The Labute approximate surface area is 211 Å². The van der Waals surface area contributed by atoms with Gasteiger partial charge in [0, 0.05) is 30.2 Å². The van der Waals surface area contributed by atoms with Crippen molar-refractivity contribution in [1.82, 2.24) is 0 Å². The first-order chi connectivity index (χ1) is 17.5. The molecular formula is C28H26O9. The third kappa shape index (κ3) is 4.54. The second kappa shape index (κ2) is 9.02. The first-order valence-electron chi connectivity index (χ1n) is 11.7. The van der Waals surface area contributed by atoms with E-state index in [1.807, 2.05) is 6.07 Å². The summed E-state index contributed by atoms with van der Waals surface area (Å²) in [5, 5.41) is 61.6. The molecule has 0 saturated heterocycles. The number of aryl methyl sites for hydroxylation is 1. The monoisotopic (exact) mass is 506 g/mol. The van der Waals surface area contributed by atoms with Gasteiger partial charge in [0.05, 0.1) is 6.10 Å². The lowest BCUT2D eigenvalue weighted by molar-refractivity contribution is -0.0595. The average Bonchev–Trinajstić information content (AvgIpc) is 2.83. The summed E-state index contributed by atoms with van der Waals surface area (Å²) in [4.78, 5) is 12.9. The van der Waals surface area contributed by atoms with Gasteiger partial charge in [0.25, 0.3) is 0 Å². The summed E-state index contributed by atoms with van der Waals surface area (Å²) in [7, 11) is 0. The second-order valence-corrected chi connectivity index (χ2v) is 9.58. The van der Waals surface area contributed by atoms with Crippen LogP contribution in [0.4, 0.5) is 0 Å². The van der Waals surface area contributed by atoms with Gasteiger partial charge in [-0.05, 0) is 55.2 Å². The van der Waals surface area contributed by atoms with Crippen molar-refractivity contribution in [1.29, 1.82) is 0 Å². The lowest BCUT2D eigenvalue weighted by atomic mass is 9.84. The minimum absolute atomic E-state index is 0.0334. The van der Waals surface area contributed by atoms with Crippen molar-refractivity contribution in [2.24, 2.45) is 0 Å². The summed E-state index contributed by atoms with van der Waals surface area (Å²) in [5.74, 6) is -0.709. The highest BCUT2D eigenvalue weighted by Gasteiger charge is 2.41. The topological polar surface area (TPSA) is 161 Å². The second-order valence-electron chi connectivity index (χ2n) is 9.58. The van der Waals surface area contributed by atoms with Crippen LogP contribution in [0, 0.1) is 0 Å². The molecular weight excluding hydrogens is 480 g/mol. The predicted molar refractivity (Wildman–Crippen MR) is 133 cm³/mol. The molecule has 192 valence electrons. The Balaban J connectivity index is 1.51. The van der Waals surface area contributed by atoms with Crippen molar-refractivity contribution in [2.45, 2.75) is 44.0 Å². The SMILES string of the molecule is C[C@@]1(CCc2cccc(O)c2)Oc2cc3oc([C@H](O)c4cc(O)cc(O)c4)cc(=O)c3c(O)c2C[C@H]1O. The molecule has 0 spiro atoms. The largest absolute Gasteiger partial charge is 0.508 e. The molecule has 0 fully saturated rings. The van der Waals surface area contributed by atoms with E-state index in [2.05, 4.69) is 0 Å². The molecule has 1 aliphatic heterocycles. The highest BCUT2D eigenvalue weighted by Crippen LogP contribution is 2.44. The van der Waals surface area contributed by atoms with Crippen LogP contribution in [0.15, 0.2) is 63.8 Å². The van der Waals surface area contributed by atoms with Crippen molar-refractivity contribution >= 4 is 11.0 Å². The summed E-state index contributed by atoms with van der Waals surface area (Å²) >= 11 is 0. The van der Waals surface area contributed by atoms with Crippen LogP contribution in [0.25, 0.3) is 11.0 Å². The van der Waals surface area contributed by atoms with E-state index < -0.39 is 23.2 Å². The molecule has 2 heterocycles. The number of hydrogen-bond donors (Lipinski definition) is 6. The minimum atomic E-state index is -1.48. The fourth-order valence-electron chi connectivity index (χ4n) is 4.75.